The molecule has 4 rings (SSSR count). The molecule has 0 fully saturated rings. The minimum absolute atomic E-state index is 0.696. The van der Waals surface area contributed by atoms with Crippen LogP contribution in [0.3, 0.4) is 0 Å². The molecule has 6 heteroatoms. The number of fused-ring (bicyclic) bond motifs is 1. The first-order valence-corrected chi connectivity index (χ1v) is 9.36. The number of nitrogens with one attached hydrogen (secondary N) is 1. The van der Waals surface area contributed by atoms with E-state index in [1.807, 2.05) is 54.6 Å². The monoisotopic (exact) mass is 386 g/mol. The van der Waals surface area contributed by atoms with Gasteiger partial charge >= 0.3 is 0 Å². The highest BCUT2D eigenvalue weighted by Gasteiger charge is 2.04. The van der Waals surface area contributed by atoms with Gasteiger partial charge in [-0.1, -0.05) is 18.2 Å². The number of nitrogens with zero attached hydrogens (tertiary/aromatic N) is 2. The highest BCUT2D eigenvalue weighted by Crippen LogP contribution is 2.25. The Labute approximate surface area is 169 Å². The van der Waals surface area contributed by atoms with Crippen LogP contribution in [0.2, 0.25) is 0 Å². The van der Waals surface area contributed by atoms with Crippen LogP contribution in [0.25, 0.3) is 10.9 Å². The van der Waals surface area contributed by atoms with E-state index in [-0.39, 0.29) is 0 Å². The molecule has 0 spiro atoms. The second-order valence-corrected chi connectivity index (χ2v) is 6.60. The lowest BCUT2D eigenvalue weighted by Crippen LogP contribution is -2.07. The number of aromatic nitrogens is 2. The van der Waals surface area contributed by atoms with Crippen LogP contribution in [-0.4, -0.2) is 23.6 Å². The maximum atomic E-state index is 5.90. The number of ether oxygens (including phenoxy) is 2. The van der Waals surface area contributed by atoms with Crippen molar-refractivity contribution in [2.24, 2.45) is 0 Å². The van der Waals surface area contributed by atoms with Gasteiger partial charge < -0.3 is 20.5 Å². The number of benzene rings is 3. The average molecular weight is 386 g/mol. The Morgan fingerprint density at radius 3 is 2.55 bits per heavy atom. The molecule has 29 heavy (non-hydrogen) atoms. The van der Waals surface area contributed by atoms with Gasteiger partial charge in [-0.2, -0.15) is 0 Å². The lowest BCUT2D eigenvalue weighted by atomic mass is 10.1. The molecule has 1 aromatic heterocycles. The molecule has 0 atom stereocenters. The van der Waals surface area contributed by atoms with Gasteiger partial charge in [-0.05, 0) is 54.4 Å². The molecule has 4 aromatic rings. The molecule has 0 aliphatic rings. The second-order valence-electron chi connectivity index (χ2n) is 6.60. The van der Waals surface area contributed by atoms with Gasteiger partial charge in [0.2, 0.25) is 0 Å². The van der Waals surface area contributed by atoms with E-state index in [4.69, 9.17) is 15.2 Å². The maximum absolute atomic E-state index is 5.90. The van der Waals surface area contributed by atoms with Gasteiger partial charge in [0.25, 0.3) is 0 Å². The molecule has 0 saturated carbocycles. The molecule has 0 aliphatic carbocycles. The van der Waals surface area contributed by atoms with E-state index < -0.39 is 0 Å². The van der Waals surface area contributed by atoms with Crippen LogP contribution in [0.1, 0.15) is 5.56 Å². The van der Waals surface area contributed by atoms with Crippen LogP contribution in [-0.2, 0) is 6.42 Å². The summed E-state index contributed by atoms with van der Waals surface area (Å²) >= 11 is 0. The summed E-state index contributed by atoms with van der Waals surface area (Å²) in [5.41, 5.74) is 8.67. The first-order chi connectivity index (χ1) is 14.2. The number of nitrogen functional groups attached to an aromatic ring is 1. The Kier molecular flexibility index (Phi) is 5.42. The van der Waals surface area contributed by atoms with Gasteiger partial charge in [0.05, 0.1) is 12.6 Å². The molecule has 3 aromatic carbocycles. The van der Waals surface area contributed by atoms with Gasteiger partial charge in [-0.15, -0.1) is 0 Å². The number of rotatable bonds is 7. The molecule has 146 valence electrons. The zero-order valence-corrected chi connectivity index (χ0v) is 16.1. The minimum atomic E-state index is 0.696. The van der Waals surface area contributed by atoms with Crippen LogP contribution < -0.4 is 20.5 Å². The van der Waals surface area contributed by atoms with Gasteiger partial charge in [0.15, 0.2) is 0 Å². The first kappa shape index (κ1) is 18.6. The zero-order valence-electron chi connectivity index (χ0n) is 16.1. The van der Waals surface area contributed by atoms with E-state index in [2.05, 4.69) is 27.4 Å². The minimum Gasteiger partial charge on any atom is -0.497 e. The van der Waals surface area contributed by atoms with Gasteiger partial charge in [0, 0.05) is 23.7 Å². The Balaban J connectivity index is 1.37. The third kappa shape index (κ3) is 4.55. The third-order valence-electron chi connectivity index (χ3n) is 4.57. The van der Waals surface area contributed by atoms with Crippen LogP contribution in [0.15, 0.2) is 73.1 Å². The highest BCUT2D eigenvalue weighted by molar-refractivity contribution is 5.91. The summed E-state index contributed by atoms with van der Waals surface area (Å²) < 4.78 is 11.1. The summed E-state index contributed by atoms with van der Waals surface area (Å²) in [4.78, 5) is 8.62. The molecule has 0 unspecified atom stereocenters. The number of anilines is 2. The van der Waals surface area contributed by atoms with Gasteiger partial charge in [0.1, 0.15) is 29.4 Å². The molecule has 0 radical (unpaired) electrons. The van der Waals surface area contributed by atoms with Crippen molar-refractivity contribution in [1.29, 1.82) is 0 Å². The Morgan fingerprint density at radius 1 is 0.897 bits per heavy atom. The fraction of sp³-hybridized carbons (Fsp3) is 0.130. The van der Waals surface area contributed by atoms with Crippen molar-refractivity contribution in [3.05, 3.63) is 78.6 Å². The fourth-order valence-corrected chi connectivity index (χ4v) is 3.07. The van der Waals surface area contributed by atoms with Crippen molar-refractivity contribution in [2.75, 3.05) is 24.7 Å². The quantitative estimate of drug-likeness (QED) is 0.449. The molecule has 3 N–H and O–H groups in total. The van der Waals surface area contributed by atoms with Gasteiger partial charge in [-0.3, -0.25) is 0 Å². The molecular weight excluding hydrogens is 364 g/mol. The van der Waals surface area contributed by atoms with Crippen molar-refractivity contribution < 1.29 is 9.47 Å². The summed E-state index contributed by atoms with van der Waals surface area (Å²) in [6.07, 6.45) is 2.42. The summed E-state index contributed by atoms with van der Waals surface area (Å²) in [6, 6.07) is 21.2. The summed E-state index contributed by atoms with van der Waals surface area (Å²) in [7, 11) is 1.64. The number of hydrogen-bond donors (Lipinski definition) is 2. The molecule has 0 aliphatic heterocycles. The lowest BCUT2D eigenvalue weighted by Gasteiger charge is -2.10. The van der Waals surface area contributed by atoms with E-state index >= 15 is 0 Å². The smallest absolute Gasteiger partial charge is 0.137 e. The normalized spacial score (nSPS) is 10.7. The maximum Gasteiger partial charge on any atom is 0.137 e. The van der Waals surface area contributed by atoms with Crippen molar-refractivity contribution in [3.63, 3.8) is 0 Å². The van der Waals surface area contributed by atoms with Crippen molar-refractivity contribution in [2.45, 2.75) is 6.42 Å². The van der Waals surface area contributed by atoms with Crippen molar-refractivity contribution in [1.82, 2.24) is 9.97 Å². The summed E-state index contributed by atoms with van der Waals surface area (Å²) in [5, 5.41) is 4.30. The molecule has 0 saturated heterocycles. The standard InChI is InChI=1S/C23H22N4O2/c1-28-19-3-2-4-20(14-19)29-18-8-5-16(6-9-18)11-12-25-23-21-13-17(24)7-10-22(21)26-15-27-23/h2-10,13-15H,11-12,24H2,1H3,(H,25,26,27). The summed E-state index contributed by atoms with van der Waals surface area (Å²) in [5.74, 6) is 3.09. The predicted molar refractivity (Wildman–Crippen MR) is 116 cm³/mol. The van der Waals surface area contributed by atoms with Crippen LogP contribution in [0, 0.1) is 0 Å². The predicted octanol–water partition coefficient (Wildman–Crippen LogP) is 4.67. The number of hydrogen-bond acceptors (Lipinski definition) is 6. The van der Waals surface area contributed by atoms with Crippen molar-refractivity contribution >= 4 is 22.4 Å². The lowest BCUT2D eigenvalue weighted by molar-refractivity contribution is 0.409. The molecule has 6 nitrogen and oxygen atoms in total. The average Bonchev–Trinajstić information content (AvgIpc) is 2.75. The van der Waals surface area contributed by atoms with E-state index in [9.17, 15) is 0 Å². The van der Waals surface area contributed by atoms with Crippen LogP contribution in [0.4, 0.5) is 11.5 Å². The zero-order chi connectivity index (χ0) is 20.1. The number of methoxy groups -OCH3 is 1. The largest absolute Gasteiger partial charge is 0.497 e. The van der Waals surface area contributed by atoms with Crippen molar-refractivity contribution in [3.8, 4) is 17.2 Å². The molecule has 0 amide bonds. The summed E-state index contributed by atoms with van der Waals surface area (Å²) in [6.45, 7) is 0.747. The van der Waals surface area contributed by atoms with E-state index in [1.165, 1.54) is 5.56 Å². The molecular formula is C23H22N4O2. The Hall–Kier alpha value is -3.80. The molecule has 1 heterocycles. The first-order valence-electron chi connectivity index (χ1n) is 9.36. The van der Waals surface area contributed by atoms with E-state index in [0.717, 1.165) is 46.9 Å². The molecule has 0 bridgehead atoms. The second kappa shape index (κ2) is 8.48. The van der Waals surface area contributed by atoms with Gasteiger partial charge in [-0.25, -0.2) is 9.97 Å². The van der Waals surface area contributed by atoms with Crippen LogP contribution >= 0.6 is 0 Å². The van der Waals surface area contributed by atoms with E-state index in [0.29, 0.717) is 5.69 Å². The topological polar surface area (TPSA) is 82.3 Å². The fourth-order valence-electron chi connectivity index (χ4n) is 3.07. The SMILES string of the molecule is COc1cccc(Oc2ccc(CCNc3ncnc4ccc(N)cc34)cc2)c1. The Bertz CT molecular complexity index is 1110. The Morgan fingerprint density at radius 2 is 1.72 bits per heavy atom. The third-order valence-corrected chi connectivity index (χ3v) is 4.57. The number of nitrogens with two attached hydrogens (primary N) is 1. The van der Waals surface area contributed by atoms with Crippen LogP contribution in [0.5, 0.6) is 17.2 Å². The van der Waals surface area contributed by atoms with E-state index in [1.54, 1.807) is 13.4 Å². The highest BCUT2D eigenvalue weighted by atomic mass is 16.5.